The highest BCUT2D eigenvalue weighted by Gasteiger charge is 2.38. The third-order valence-corrected chi connectivity index (χ3v) is 3.39. The lowest BCUT2D eigenvalue weighted by Crippen LogP contribution is -2.20. The number of nitrogens with zero attached hydrogens (tertiary/aromatic N) is 1. The van der Waals surface area contributed by atoms with Crippen molar-refractivity contribution in [3.8, 4) is 0 Å². The topological polar surface area (TPSA) is 3.24 Å². The molecule has 1 nitrogen and oxygen atoms in total. The van der Waals surface area contributed by atoms with Crippen LogP contribution in [0.15, 0.2) is 12.8 Å². The summed E-state index contributed by atoms with van der Waals surface area (Å²) in [7, 11) is 0. The van der Waals surface area contributed by atoms with Gasteiger partial charge in [0, 0.05) is 13.1 Å². The van der Waals surface area contributed by atoms with Crippen LogP contribution in [0.25, 0.3) is 0 Å². The van der Waals surface area contributed by atoms with Gasteiger partial charge in [0.25, 0.3) is 0 Å². The predicted octanol–water partition coefficient (Wildman–Crippen LogP) is 2.40. The molecular weight excluding hydrogens is 134 g/mol. The minimum atomic E-state index is 0.716. The number of likely N-dealkylation sites (tertiary alicyclic amines) is 1. The summed E-state index contributed by atoms with van der Waals surface area (Å²) in [6, 6.07) is 0. The van der Waals surface area contributed by atoms with Crippen LogP contribution in [0, 0.1) is 5.41 Å². The van der Waals surface area contributed by atoms with Gasteiger partial charge >= 0.3 is 0 Å². The molecule has 1 spiro atoms. The molecule has 0 N–H and O–H groups in total. The quantitative estimate of drug-likeness (QED) is 0.556. The Labute approximate surface area is 69.1 Å². The molecule has 2 rings (SSSR count). The second kappa shape index (κ2) is 2.54. The smallest absolute Gasteiger partial charge is 0.0229 e. The Balaban J connectivity index is 2.01. The molecule has 0 aromatic carbocycles. The monoisotopic (exact) mass is 151 g/mol. The maximum absolute atomic E-state index is 3.82. The minimum absolute atomic E-state index is 0.716. The van der Waals surface area contributed by atoms with E-state index in [1.165, 1.54) is 45.2 Å². The van der Waals surface area contributed by atoms with Crippen LogP contribution in [-0.2, 0) is 0 Å². The Bertz CT molecular complexity index is 156. The summed E-state index contributed by atoms with van der Waals surface area (Å²) in [5, 5.41) is 0. The average Bonchev–Trinajstić information content (AvgIpc) is 2.62. The fraction of sp³-hybridized carbons (Fsp3) is 0.800. The van der Waals surface area contributed by atoms with Gasteiger partial charge in [-0.15, -0.1) is 0 Å². The first-order chi connectivity index (χ1) is 5.35. The van der Waals surface area contributed by atoms with Crippen molar-refractivity contribution in [2.24, 2.45) is 5.41 Å². The van der Waals surface area contributed by atoms with Crippen molar-refractivity contribution in [1.82, 2.24) is 4.90 Å². The van der Waals surface area contributed by atoms with E-state index < -0.39 is 0 Å². The second-order valence-electron chi connectivity index (χ2n) is 4.11. The van der Waals surface area contributed by atoms with Crippen molar-refractivity contribution in [3.63, 3.8) is 0 Å². The summed E-state index contributed by atoms with van der Waals surface area (Å²) in [4.78, 5) is 2.38. The fourth-order valence-corrected chi connectivity index (χ4v) is 2.66. The van der Waals surface area contributed by atoms with Crippen molar-refractivity contribution >= 4 is 0 Å². The van der Waals surface area contributed by atoms with Gasteiger partial charge in [0.1, 0.15) is 0 Å². The molecular formula is C10H17N. The first kappa shape index (κ1) is 7.20. The number of hydrogen-bond donors (Lipinski definition) is 0. The van der Waals surface area contributed by atoms with Gasteiger partial charge < -0.3 is 4.90 Å². The van der Waals surface area contributed by atoms with Crippen molar-refractivity contribution in [3.05, 3.63) is 12.8 Å². The zero-order valence-electron chi connectivity index (χ0n) is 7.18. The molecule has 11 heavy (non-hydrogen) atoms. The second-order valence-corrected chi connectivity index (χ2v) is 4.11. The molecule has 2 fully saturated rings. The largest absolute Gasteiger partial charge is 0.377 e. The maximum Gasteiger partial charge on any atom is 0.0229 e. The number of rotatable bonds is 1. The lowest BCUT2D eigenvalue weighted by Gasteiger charge is -2.22. The van der Waals surface area contributed by atoms with E-state index in [1.807, 2.05) is 6.20 Å². The van der Waals surface area contributed by atoms with E-state index in [0.717, 1.165) is 0 Å². The molecule has 0 amide bonds. The summed E-state index contributed by atoms with van der Waals surface area (Å²) in [5.74, 6) is 0. The molecule has 0 unspecified atom stereocenters. The summed E-state index contributed by atoms with van der Waals surface area (Å²) < 4.78 is 0. The average molecular weight is 151 g/mol. The normalized spacial score (nSPS) is 28.2. The van der Waals surface area contributed by atoms with Gasteiger partial charge in [-0.05, 0) is 30.9 Å². The zero-order chi connectivity index (χ0) is 7.73. The molecule has 2 aliphatic rings. The molecule has 1 heterocycles. The number of hydrogen-bond acceptors (Lipinski definition) is 1. The molecule has 1 saturated carbocycles. The molecule has 62 valence electrons. The van der Waals surface area contributed by atoms with E-state index in [1.54, 1.807) is 0 Å². The van der Waals surface area contributed by atoms with Gasteiger partial charge in [0.05, 0.1) is 0 Å². The summed E-state index contributed by atoms with van der Waals surface area (Å²) >= 11 is 0. The Hall–Kier alpha value is -0.460. The Kier molecular flexibility index (Phi) is 1.67. The Morgan fingerprint density at radius 2 is 1.91 bits per heavy atom. The van der Waals surface area contributed by atoms with Crippen molar-refractivity contribution in [1.29, 1.82) is 0 Å². The highest BCUT2D eigenvalue weighted by atomic mass is 15.1. The predicted molar refractivity (Wildman–Crippen MR) is 47.3 cm³/mol. The van der Waals surface area contributed by atoms with E-state index >= 15 is 0 Å². The molecule has 1 saturated heterocycles. The van der Waals surface area contributed by atoms with Crippen LogP contribution in [0.4, 0.5) is 0 Å². The Morgan fingerprint density at radius 1 is 1.18 bits per heavy atom. The van der Waals surface area contributed by atoms with Crippen LogP contribution in [0.2, 0.25) is 0 Å². The van der Waals surface area contributed by atoms with Gasteiger partial charge in [0.15, 0.2) is 0 Å². The van der Waals surface area contributed by atoms with Gasteiger partial charge in [-0.25, -0.2) is 0 Å². The van der Waals surface area contributed by atoms with Crippen molar-refractivity contribution < 1.29 is 0 Å². The van der Waals surface area contributed by atoms with Crippen LogP contribution < -0.4 is 0 Å². The standard InChI is InChI=1S/C10H17N/c1-2-11-8-7-10(9-11)5-3-4-6-10/h2H,1,3-9H2. The van der Waals surface area contributed by atoms with Crippen molar-refractivity contribution in [2.45, 2.75) is 32.1 Å². The zero-order valence-corrected chi connectivity index (χ0v) is 7.18. The molecule has 0 aromatic rings. The molecule has 0 radical (unpaired) electrons. The first-order valence-electron chi connectivity index (χ1n) is 4.71. The highest BCUT2D eigenvalue weighted by Crippen LogP contribution is 2.45. The van der Waals surface area contributed by atoms with E-state index in [9.17, 15) is 0 Å². The SMILES string of the molecule is C=CN1CCC2(CCCC2)C1. The van der Waals surface area contributed by atoms with E-state index in [2.05, 4.69) is 11.5 Å². The lowest BCUT2D eigenvalue weighted by atomic mass is 9.86. The van der Waals surface area contributed by atoms with Crippen LogP contribution in [-0.4, -0.2) is 18.0 Å². The van der Waals surface area contributed by atoms with E-state index in [0.29, 0.717) is 5.41 Å². The first-order valence-corrected chi connectivity index (χ1v) is 4.71. The van der Waals surface area contributed by atoms with Gasteiger partial charge in [-0.1, -0.05) is 19.4 Å². The van der Waals surface area contributed by atoms with Gasteiger partial charge in [0.2, 0.25) is 0 Å². The molecule has 0 aromatic heterocycles. The fourth-order valence-electron chi connectivity index (χ4n) is 2.66. The third kappa shape index (κ3) is 1.17. The van der Waals surface area contributed by atoms with Crippen LogP contribution in [0.5, 0.6) is 0 Å². The van der Waals surface area contributed by atoms with Gasteiger partial charge in [-0.3, -0.25) is 0 Å². The molecule has 0 atom stereocenters. The maximum atomic E-state index is 3.82. The molecule has 1 aliphatic heterocycles. The highest BCUT2D eigenvalue weighted by molar-refractivity contribution is 4.95. The summed E-state index contributed by atoms with van der Waals surface area (Å²) in [6.07, 6.45) is 9.29. The van der Waals surface area contributed by atoms with Crippen LogP contribution >= 0.6 is 0 Å². The van der Waals surface area contributed by atoms with Gasteiger partial charge in [-0.2, -0.15) is 0 Å². The van der Waals surface area contributed by atoms with Crippen molar-refractivity contribution in [2.75, 3.05) is 13.1 Å². The third-order valence-electron chi connectivity index (χ3n) is 3.39. The Morgan fingerprint density at radius 3 is 2.45 bits per heavy atom. The molecule has 1 aliphatic carbocycles. The molecule has 1 heteroatoms. The summed E-state index contributed by atoms with van der Waals surface area (Å²) in [6.45, 7) is 6.36. The summed E-state index contributed by atoms with van der Waals surface area (Å²) in [5.41, 5.74) is 0.716. The minimum Gasteiger partial charge on any atom is -0.377 e. The molecule has 0 bridgehead atoms. The van der Waals surface area contributed by atoms with E-state index in [4.69, 9.17) is 0 Å². The lowest BCUT2D eigenvalue weighted by molar-refractivity contribution is 0.302. The van der Waals surface area contributed by atoms with E-state index in [-0.39, 0.29) is 0 Å². The van der Waals surface area contributed by atoms with Crippen LogP contribution in [0.1, 0.15) is 32.1 Å². The van der Waals surface area contributed by atoms with Crippen LogP contribution in [0.3, 0.4) is 0 Å².